The summed E-state index contributed by atoms with van der Waals surface area (Å²) in [5.74, 6) is 0.232. The van der Waals surface area contributed by atoms with Crippen LogP contribution in [0.15, 0.2) is 47.4 Å². The lowest BCUT2D eigenvalue weighted by Gasteiger charge is -2.37. The van der Waals surface area contributed by atoms with Crippen LogP contribution in [0.2, 0.25) is 10.0 Å². The van der Waals surface area contributed by atoms with Crippen LogP contribution in [0.1, 0.15) is 25.1 Å². The van der Waals surface area contributed by atoms with Crippen molar-refractivity contribution in [2.24, 2.45) is 0 Å². The summed E-state index contributed by atoms with van der Waals surface area (Å²) >= 11 is 13.0. The number of rotatable bonds is 7. The number of aryl methyl sites for hydroxylation is 1. The predicted octanol–water partition coefficient (Wildman–Crippen LogP) is 4.26. The standard InChI is InChI=1S/C26H30Cl2N4O4S/c1-17-8-9-18-6-5-7-21(24(18)29-17)36-16-19-20(27)10-11-22(23(19)28)37(34,35)30-26(2,3)25(33)32-14-12-31(4)13-15-32/h5-11,30H,12-16H2,1-4H3. The van der Waals surface area contributed by atoms with Crippen LogP contribution >= 0.6 is 23.2 Å². The first kappa shape index (κ1) is 27.6. The zero-order valence-corrected chi connectivity index (χ0v) is 23.5. The summed E-state index contributed by atoms with van der Waals surface area (Å²) in [6, 6.07) is 12.2. The maximum absolute atomic E-state index is 13.4. The average molecular weight is 566 g/mol. The molecule has 2 aromatic carbocycles. The highest BCUT2D eigenvalue weighted by Crippen LogP contribution is 2.34. The Labute approximate surface area is 227 Å². The first-order chi connectivity index (χ1) is 17.4. The number of benzene rings is 2. The van der Waals surface area contributed by atoms with E-state index >= 15 is 0 Å². The summed E-state index contributed by atoms with van der Waals surface area (Å²) < 4.78 is 35.3. The van der Waals surface area contributed by atoms with Gasteiger partial charge in [0, 0.05) is 47.8 Å². The highest BCUT2D eigenvalue weighted by Gasteiger charge is 2.38. The van der Waals surface area contributed by atoms with Gasteiger partial charge in [0.2, 0.25) is 15.9 Å². The Morgan fingerprint density at radius 2 is 1.78 bits per heavy atom. The van der Waals surface area contributed by atoms with Crippen molar-refractivity contribution in [2.45, 2.75) is 37.8 Å². The Morgan fingerprint density at radius 1 is 1.08 bits per heavy atom. The zero-order chi connectivity index (χ0) is 27.0. The number of sulfonamides is 1. The third kappa shape index (κ3) is 6.02. The molecule has 3 aromatic rings. The molecule has 0 aliphatic carbocycles. The molecule has 1 aliphatic heterocycles. The number of likely N-dealkylation sites (N-methyl/N-ethyl adjacent to an activating group) is 1. The van der Waals surface area contributed by atoms with Gasteiger partial charge in [0.15, 0.2) is 0 Å². The normalized spacial score (nSPS) is 15.2. The first-order valence-corrected chi connectivity index (χ1v) is 14.1. The Morgan fingerprint density at radius 3 is 2.49 bits per heavy atom. The van der Waals surface area contributed by atoms with Crippen LogP contribution in [0.3, 0.4) is 0 Å². The molecule has 37 heavy (non-hydrogen) atoms. The lowest BCUT2D eigenvalue weighted by Crippen LogP contribution is -2.59. The number of para-hydroxylation sites is 1. The maximum atomic E-state index is 13.4. The first-order valence-electron chi connectivity index (χ1n) is 11.9. The van der Waals surface area contributed by atoms with Gasteiger partial charge in [0.1, 0.15) is 28.3 Å². The molecule has 11 heteroatoms. The minimum absolute atomic E-state index is 0.0628. The van der Waals surface area contributed by atoms with Crippen molar-refractivity contribution in [3.8, 4) is 5.75 Å². The van der Waals surface area contributed by atoms with Gasteiger partial charge in [-0.05, 0) is 52.1 Å². The van der Waals surface area contributed by atoms with E-state index in [9.17, 15) is 13.2 Å². The quantitative estimate of drug-likeness (QED) is 0.461. The van der Waals surface area contributed by atoms with Gasteiger partial charge in [-0.25, -0.2) is 13.4 Å². The highest BCUT2D eigenvalue weighted by molar-refractivity contribution is 7.89. The molecule has 0 atom stereocenters. The van der Waals surface area contributed by atoms with Gasteiger partial charge in [-0.15, -0.1) is 0 Å². The van der Waals surface area contributed by atoms with Gasteiger partial charge in [-0.2, -0.15) is 4.72 Å². The molecule has 8 nitrogen and oxygen atoms in total. The second kappa shape index (κ2) is 10.7. The van der Waals surface area contributed by atoms with Gasteiger partial charge in [0.05, 0.1) is 5.02 Å². The van der Waals surface area contributed by atoms with E-state index in [0.29, 0.717) is 29.9 Å². The van der Waals surface area contributed by atoms with Gasteiger partial charge < -0.3 is 14.5 Å². The van der Waals surface area contributed by atoms with Crippen molar-refractivity contribution in [1.82, 2.24) is 19.5 Å². The van der Waals surface area contributed by atoms with Crippen LogP contribution in [0, 0.1) is 6.92 Å². The smallest absolute Gasteiger partial charge is 0.243 e. The Balaban J connectivity index is 1.57. The van der Waals surface area contributed by atoms with Gasteiger partial charge in [0.25, 0.3) is 0 Å². The van der Waals surface area contributed by atoms with Gasteiger partial charge in [-0.1, -0.05) is 41.4 Å². The summed E-state index contributed by atoms with van der Waals surface area (Å²) in [6.45, 7) is 7.45. The topological polar surface area (TPSA) is 91.8 Å². The average Bonchev–Trinajstić information content (AvgIpc) is 2.83. The molecule has 1 saturated heterocycles. The van der Waals surface area contributed by atoms with Crippen molar-refractivity contribution in [1.29, 1.82) is 0 Å². The second-order valence-electron chi connectivity index (χ2n) is 9.73. The lowest BCUT2D eigenvalue weighted by molar-refractivity contribution is -0.138. The number of ether oxygens (including phenoxy) is 1. The van der Waals surface area contributed by atoms with Crippen molar-refractivity contribution < 1.29 is 17.9 Å². The molecule has 0 radical (unpaired) electrons. The molecule has 1 N–H and O–H groups in total. The Hall–Kier alpha value is -2.43. The Kier molecular flexibility index (Phi) is 8.02. The molecule has 0 unspecified atom stereocenters. The van der Waals surface area contributed by atoms with E-state index in [1.165, 1.54) is 12.1 Å². The van der Waals surface area contributed by atoms with Gasteiger partial charge in [-0.3, -0.25) is 4.79 Å². The number of nitrogens with zero attached hydrogens (tertiary/aromatic N) is 3. The molecular weight excluding hydrogens is 535 g/mol. The largest absolute Gasteiger partial charge is 0.487 e. The Bertz CT molecular complexity index is 1440. The number of fused-ring (bicyclic) bond motifs is 1. The molecule has 1 aromatic heterocycles. The van der Waals surface area contributed by atoms with Gasteiger partial charge >= 0.3 is 0 Å². The fourth-order valence-corrected chi connectivity index (χ4v) is 6.50. The molecule has 198 valence electrons. The number of carbonyl (C=O) groups is 1. The molecule has 1 fully saturated rings. The number of aromatic nitrogens is 1. The predicted molar refractivity (Wildman–Crippen MR) is 146 cm³/mol. The minimum Gasteiger partial charge on any atom is -0.487 e. The summed E-state index contributed by atoms with van der Waals surface area (Å²) in [5.41, 5.74) is 0.469. The fraction of sp³-hybridized carbons (Fsp3) is 0.385. The molecule has 0 spiro atoms. The van der Waals surface area contributed by atoms with Crippen LogP contribution in [-0.2, 0) is 21.4 Å². The number of amides is 1. The summed E-state index contributed by atoms with van der Waals surface area (Å²) in [7, 11) is -2.19. The van der Waals surface area contributed by atoms with E-state index in [1.807, 2.05) is 38.2 Å². The SMILES string of the molecule is Cc1ccc2cccc(OCc3c(Cl)ccc(S(=O)(=O)NC(C)(C)C(=O)N4CCN(C)CC4)c3Cl)c2n1. The van der Waals surface area contributed by atoms with Crippen molar-refractivity contribution in [3.63, 3.8) is 0 Å². The highest BCUT2D eigenvalue weighted by atomic mass is 35.5. The van der Waals surface area contributed by atoms with E-state index in [-0.39, 0.29) is 27.5 Å². The molecule has 4 rings (SSSR count). The van der Waals surface area contributed by atoms with E-state index in [1.54, 1.807) is 24.8 Å². The van der Waals surface area contributed by atoms with Crippen LogP contribution in [-0.4, -0.2) is 67.9 Å². The van der Waals surface area contributed by atoms with Crippen LogP contribution in [0.5, 0.6) is 5.75 Å². The van der Waals surface area contributed by atoms with E-state index in [0.717, 1.165) is 24.2 Å². The molecule has 1 aliphatic rings. The van der Waals surface area contributed by atoms with E-state index < -0.39 is 15.6 Å². The molecular formula is C26H30Cl2N4O4S. The number of pyridine rings is 1. The molecule has 1 amide bonds. The monoisotopic (exact) mass is 564 g/mol. The number of nitrogens with one attached hydrogen (secondary N) is 1. The third-order valence-electron chi connectivity index (χ3n) is 6.35. The number of hydrogen-bond acceptors (Lipinski definition) is 6. The molecule has 0 bridgehead atoms. The number of halogens is 2. The maximum Gasteiger partial charge on any atom is 0.243 e. The summed E-state index contributed by atoms with van der Waals surface area (Å²) in [6.07, 6.45) is 0. The van der Waals surface area contributed by atoms with Crippen LogP contribution < -0.4 is 9.46 Å². The van der Waals surface area contributed by atoms with Crippen molar-refractivity contribution >= 4 is 50.0 Å². The number of hydrogen-bond donors (Lipinski definition) is 1. The minimum atomic E-state index is -4.17. The number of carbonyl (C=O) groups excluding carboxylic acids is 1. The van der Waals surface area contributed by atoms with Crippen LogP contribution in [0.4, 0.5) is 0 Å². The zero-order valence-electron chi connectivity index (χ0n) is 21.2. The second-order valence-corrected chi connectivity index (χ2v) is 12.2. The van der Waals surface area contributed by atoms with E-state index in [2.05, 4.69) is 14.6 Å². The fourth-order valence-electron chi connectivity index (χ4n) is 4.24. The summed E-state index contributed by atoms with van der Waals surface area (Å²) in [5, 5.41) is 1.11. The van der Waals surface area contributed by atoms with Crippen molar-refractivity contribution in [2.75, 3.05) is 33.2 Å². The third-order valence-corrected chi connectivity index (χ3v) is 8.95. The van der Waals surface area contributed by atoms with Crippen molar-refractivity contribution in [3.05, 3.63) is 63.8 Å². The lowest BCUT2D eigenvalue weighted by atomic mass is 10.0. The molecule has 2 heterocycles. The molecule has 0 saturated carbocycles. The van der Waals surface area contributed by atoms with Crippen LogP contribution in [0.25, 0.3) is 10.9 Å². The number of piperazine rings is 1. The van der Waals surface area contributed by atoms with E-state index in [4.69, 9.17) is 27.9 Å². The summed E-state index contributed by atoms with van der Waals surface area (Å²) in [4.78, 5) is 21.3.